The second kappa shape index (κ2) is 8.73. The summed E-state index contributed by atoms with van der Waals surface area (Å²) in [7, 11) is -3.70. The topological polar surface area (TPSA) is 92.5 Å². The van der Waals surface area contributed by atoms with Crippen molar-refractivity contribution in [2.75, 3.05) is 30.8 Å². The molecule has 1 saturated heterocycles. The molecule has 1 N–H and O–H groups in total. The van der Waals surface area contributed by atoms with Gasteiger partial charge in [0.05, 0.1) is 35.9 Å². The number of nitrogens with one attached hydrogen (secondary N) is 1. The number of nitrogens with zero attached hydrogens (tertiary/aromatic N) is 5. The molecule has 4 heterocycles. The molecule has 4 rings (SSSR count). The van der Waals surface area contributed by atoms with E-state index in [1.54, 1.807) is 0 Å². The fourth-order valence-electron chi connectivity index (χ4n) is 3.96. The van der Waals surface area contributed by atoms with Crippen LogP contribution in [0.1, 0.15) is 19.0 Å². The maximum Gasteiger partial charge on any atom is 0.282 e. The maximum atomic E-state index is 14.8. The molecule has 14 heteroatoms. The van der Waals surface area contributed by atoms with E-state index in [-0.39, 0.29) is 35.8 Å². The minimum Gasteiger partial charge on any atom is -0.368 e. The van der Waals surface area contributed by atoms with Gasteiger partial charge in [0, 0.05) is 25.6 Å². The highest BCUT2D eigenvalue weighted by Crippen LogP contribution is 2.40. The number of fused-ring (bicyclic) bond motifs is 1. The average Bonchev–Trinajstić information content (AvgIpc) is 3.17. The monoisotopic (exact) mass is 504 g/mol. The third-order valence-corrected chi connectivity index (χ3v) is 6.46. The Hall–Kier alpha value is -2.87. The Morgan fingerprint density at radius 2 is 1.94 bits per heavy atom. The quantitative estimate of drug-likeness (QED) is 0.519. The third kappa shape index (κ3) is 4.69. The summed E-state index contributed by atoms with van der Waals surface area (Å²) in [5, 5.41) is 3.86. The molecular weight excluding hydrogens is 483 g/mol. The maximum absolute atomic E-state index is 14.8. The Labute approximate surface area is 191 Å². The van der Waals surface area contributed by atoms with Crippen LogP contribution in [0.25, 0.3) is 17.0 Å². The number of imidazole rings is 1. The van der Waals surface area contributed by atoms with Crippen LogP contribution in [0.4, 0.5) is 27.6 Å². The van der Waals surface area contributed by atoms with Gasteiger partial charge in [-0.15, -0.1) is 0 Å². The molecule has 3 aromatic heterocycles. The smallest absolute Gasteiger partial charge is 0.282 e. The van der Waals surface area contributed by atoms with Gasteiger partial charge in [0.15, 0.2) is 11.5 Å². The molecule has 0 saturated carbocycles. The Kier molecular flexibility index (Phi) is 6.23. The summed E-state index contributed by atoms with van der Waals surface area (Å²) in [6.45, 7) is 0.282. The van der Waals surface area contributed by atoms with Crippen LogP contribution in [0.5, 0.6) is 0 Å². The summed E-state index contributed by atoms with van der Waals surface area (Å²) in [6.07, 6.45) is 0.300. The van der Waals surface area contributed by atoms with Crippen LogP contribution in [0.15, 0.2) is 30.6 Å². The molecule has 184 valence electrons. The molecule has 0 aliphatic carbocycles. The highest BCUT2D eigenvalue weighted by molar-refractivity contribution is 7.88. The first-order valence-electron chi connectivity index (χ1n) is 10.2. The van der Waals surface area contributed by atoms with Crippen molar-refractivity contribution < 1.29 is 30.4 Å². The number of sulfonamides is 1. The first-order chi connectivity index (χ1) is 15.9. The lowest BCUT2D eigenvalue weighted by Crippen LogP contribution is -2.56. The van der Waals surface area contributed by atoms with Gasteiger partial charge in [-0.25, -0.2) is 44.6 Å². The summed E-state index contributed by atoms with van der Waals surface area (Å²) in [6, 6.07) is 3.81. The summed E-state index contributed by atoms with van der Waals surface area (Å²) in [5.74, 6) is -6.56. The van der Waals surface area contributed by atoms with Crippen molar-refractivity contribution in [1.29, 1.82) is 0 Å². The van der Waals surface area contributed by atoms with Gasteiger partial charge in [-0.3, -0.25) is 4.98 Å². The van der Waals surface area contributed by atoms with E-state index in [4.69, 9.17) is 0 Å². The molecule has 3 aromatic rings. The fourth-order valence-corrected chi connectivity index (χ4v) is 4.46. The molecule has 1 aliphatic rings. The van der Waals surface area contributed by atoms with Gasteiger partial charge in [0.2, 0.25) is 10.0 Å². The molecule has 0 radical (unpaired) electrons. The zero-order chi connectivity index (χ0) is 24.8. The van der Waals surface area contributed by atoms with Gasteiger partial charge in [0.25, 0.3) is 12.3 Å². The minimum absolute atomic E-state index is 0.0309. The second-order valence-corrected chi connectivity index (χ2v) is 10.1. The normalized spacial score (nSPS) is 20.9. The van der Waals surface area contributed by atoms with Gasteiger partial charge in [0.1, 0.15) is 11.4 Å². The van der Waals surface area contributed by atoms with E-state index in [9.17, 15) is 30.4 Å². The van der Waals surface area contributed by atoms with E-state index >= 15 is 0 Å². The first kappa shape index (κ1) is 24.3. The van der Waals surface area contributed by atoms with E-state index in [1.807, 2.05) is 0 Å². The second-order valence-electron chi connectivity index (χ2n) is 8.29. The molecule has 1 aliphatic heterocycles. The van der Waals surface area contributed by atoms with Gasteiger partial charge in [-0.2, -0.15) is 5.10 Å². The molecule has 2 atom stereocenters. The van der Waals surface area contributed by atoms with Crippen molar-refractivity contribution in [3.8, 4) is 11.4 Å². The number of pyridine rings is 1. The molecule has 8 nitrogen and oxygen atoms in total. The molecule has 0 unspecified atom stereocenters. The molecule has 1 fully saturated rings. The van der Waals surface area contributed by atoms with Crippen LogP contribution in [0.2, 0.25) is 0 Å². The number of piperidine rings is 1. The van der Waals surface area contributed by atoms with E-state index in [1.165, 1.54) is 30.2 Å². The van der Waals surface area contributed by atoms with Crippen LogP contribution in [0, 0.1) is 17.7 Å². The van der Waals surface area contributed by atoms with Crippen LogP contribution in [-0.4, -0.2) is 59.8 Å². The highest BCUT2D eigenvalue weighted by Gasteiger charge is 2.49. The Bertz CT molecular complexity index is 1320. The van der Waals surface area contributed by atoms with Crippen molar-refractivity contribution in [3.63, 3.8) is 0 Å². The summed E-state index contributed by atoms with van der Waals surface area (Å²) < 4.78 is 96.6. The number of alkyl halides is 4. The van der Waals surface area contributed by atoms with Gasteiger partial charge in [-0.1, -0.05) is 6.92 Å². The van der Waals surface area contributed by atoms with Crippen LogP contribution < -0.4 is 9.62 Å². The predicted molar refractivity (Wildman–Crippen MR) is 114 cm³/mol. The number of aromatic nitrogens is 4. The zero-order valence-corrected chi connectivity index (χ0v) is 18.9. The van der Waals surface area contributed by atoms with Crippen molar-refractivity contribution in [1.82, 2.24) is 24.3 Å². The van der Waals surface area contributed by atoms with E-state index in [0.29, 0.717) is 0 Å². The number of rotatable bonds is 6. The zero-order valence-electron chi connectivity index (χ0n) is 18.1. The lowest BCUT2D eigenvalue weighted by molar-refractivity contribution is -0.108. The van der Waals surface area contributed by atoms with Crippen molar-refractivity contribution in [2.24, 2.45) is 11.8 Å². The summed E-state index contributed by atoms with van der Waals surface area (Å²) >= 11 is 0. The lowest BCUT2D eigenvalue weighted by Gasteiger charge is -2.43. The molecule has 0 bridgehead atoms. The molecule has 0 aromatic carbocycles. The fraction of sp³-hybridized carbons (Fsp3) is 0.450. The lowest BCUT2D eigenvalue weighted by atomic mass is 9.85. The largest absolute Gasteiger partial charge is 0.368 e. The van der Waals surface area contributed by atoms with Crippen molar-refractivity contribution in [3.05, 3.63) is 42.1 Å². The Morgan fingerprint density at radius 1 is 1.21 bits per heavy atom. The Balaban J connectivity index is 1.70. The van der Waals surface area contributed by atoms with Crippen molar-refractivity contribution in [2.45, 2.75) is 19.3 Å². The summed E-state index contributed by atoms with van der Waals surface area (Å²) in [4.78, 5) is 9.50. The minimum atomic E-state index is -3.70. The predicted octanol–water partition coefficient (Wildman–Crippen LogP) is 3.12. The number of hydrogen-bond donors (Lipinski definition) is 1. The molecule has 0 spiro atoms. The highest BCUT2D eigenvalue weighted by atomic mass is 32.2. The average molecular weight is 504 g/mol. The molecule has 34 heavy (non-hydrogen) atoms. The molecular formula is C20H21F5N6O2S. The van der Waals surface area contributed by atoms with Crippen LogP contribution in [0.3, 0.4) is 0 Å². The van der Waals surface area contributed by atoms with Crippen LogP contribution in [-0.2, 0) is 10.0 Å². The SMILES string of the molecule is C[C@H]1CN(c2cc(-c3cnc4ccc(C(F)F)nn34)ncc2F)C[C@@H](CNS(C)(=O)=O)C1(F)F. The number of anilines is 1. The van der Waals surface area contributed by atoms with E-state index in [2.05, 4.69) is 19.8 Å². The number of halogens is 5. The molecule has 0 amide bonds. The van der Waals surface area contributed by atoms with E-state index < -0.39 is 52.3 Å². The van der Waals surface area contributed by atoms with Gasteiger partial charge >= 0.3 is 0 Å². The van der Waals surface area contributed by atoms with Gasteiger partial charge < -0.3 is 4.90 Å². The summed E-state index contributed by atoms with van der Waals surface area (Å²) in [5.41, 5.74) is 0.118. The van der Waals surface area contributed by atoms with Gasteiger partial charge in [-0.05, 0) is 18.2 Å². The Morgan fingerprint density at radius 3 is 2.62 bits per heavy atom. The third-order valence-electron chi connectivity index (χ3n) is 5.77. The van der Waals surface area contributed by atoms with E-state index in [0.717, 1.165) is 23.0 Å². The standard InChI is InChI=1S/C20H21F5N6O2S/c1-11-9-30(10-12(20(11,24)25)6-28-34(2,32)33)16-5-15(26-7-13(16)21)17-8-27-18-4-3-14(19(22)23)29-31(17)18/h3-5,7-8,11-12,19,28H,6,9-10H2,1-2H3/t11-,12+/m0/s1. The van der Waals surface area contributed by atoms with Crippen LogP contribution >= 0.6 is 0 Å². The number of hydrogen-bond acceptors (Lipinski definition) is 6. The van der Waals surface area contributed by atoms with Crippen molar-refractivity contribution >= 4 is 21.4 Å². The first-order valence-corrected chi connectivity index (χ1v) is 12.1.